The number of Topliss-reactive ketones (excluding diaryl/α,β-unsaturated/α-hetero) is 1. The summed E-state index contributed by atoms with van der Waals surface area (Å²) in [5.41, 5.74) is 0.725. The van der Waals surface area contributed by atoms with Crippen molar-refractivity contribution in [2.45, 2.75) is 51.6 Å². The summed E-state index contributed by atoms with van der Waals surface area (Å²) in [4.78, 5) is 12.0. The molecule has 1 aliphatic rings. The first-order valence-corrected chi connectivity index (χ1v) is 7.49. The van der Waals surface area contributed by atoms with E-state index >= 15 is 0 Å². The van der Waals surface area contributed by atoms with Crippen LogP contribution in [-0.4, -0.2) is 11.9 Å². The Labute approximate surface area is 117 Å². The van der Waals surface area contributed by atoms with Crippen molar-refractivity contribution in [1.82, 2.24) is 0 Å². The molecule has 0 aromatic heterocycles. The van der Waals surface area contributed by atoms with E-state index in [1.165, 1.54) is 19.3 Å². The van der Waals surface area contributed by atoms with E-state index in [1.54, 1.807) is 0 Å². The number of halogens is 1. The molecule has 2 nitrogen and oxygen atoms in total. The fraction of sp³-hybridized carbons (Fsp3) is 0.533. The number of fused-ring (bicyclic) bond motifs is 1. The van der Waals surface area contributed by atoms with Gasteiger partial charge in [-0.05, 0) is 31.0 Å². The summed E-state index contributed by atoms with van der Waals surface area (Å²) in [6.07, 6.45) is 6.46. The Balaban J connectivity index is 1.96. The van der Waals surface area contributed by atoms with Crippen LogP contribution in [0.25, 0.3) is 0 Å². The molecule has 98 valence electrons. The molecule has 0 bridgehead atoms. The molecule has 3 heteroatoms. The predicted molar refractivity (Wildman–Crippen MR) is 76.3 cm³/mol. The highest BCUT2D eigenvalue weighted by molar-refractivity contribution is 9.10. The van der Waals surface area contributed by atoms with E-state index in [-0.39, 0.29) is 11.9 Å². The van der Waals surface area contributed by atoms with Crippen LogP contribution in [0.3, 0.4) is 0 Å². The second-order valence-electron chi connectivity index (χ2n) is 4.86. The highest BCUT2D eigenvalue weighted by atomic mass is 79.9. The smallest absolute Gasteiger partial charge is 0.170 e. The van der Waals surface area contributed by atoms with Crippen LogP contribution >= 0.6 is 15.9 Å². The van der Waals surface area contributed by atoms with E-state index in [0.29, 0.717) is 6.42 Å². The van der Waals surface area contributed by atoms with Gasteiger partial charge in [-0.15, -0.1) is 0 Å². The molecule has 1 heterocycles. The van der Waals surface area contributed by atoms with Gasteiger partial charge in [0.25, 0.3) is 0 Å². The number of carbonyl (C=O) groups excluding carboxylic acids is 1. The average molecular weight is 311 g/mol. The molecule has 0 radical (unpaired) electrons. The van der Waals surface area contributed by atoms with Gasteiger partial charge in [0, 0.05) is 10.9 Å². The minimum Gasteiger partial charge on any atom is -0.489 e. The molecule has 0 saturated carbocycles. The molecule has 0 N–H and O–H groups in total. The van der Waals surface area contributed by atoms with Crippen molar-refractivity contribution in [1.29, 1.82) is 0 Å². The van der Waals surface area contributed by atoms with Crippen LogP contribution in [0.1, 0.15) is 55.8 Å². The summed E-state index contributed by atoms with van der Waals surface area (Å²) in [7, 11) is 0. The predicted octanol–water partition coefficient (Wildman–Crippen LogP) is 4.75. The molecule has 18 heavy (non-hydrogen) atoms. The molecule has 1 unspecified atom stereocenters. The SMILES string of the molecule is CCCCCCC1CC(=O)c2ccc(Br)cc2O1. The molecule has 1 aromatic carbocycles. The van der Waals surface area contributed by atoms with Crippen molar-refractivity contribution in [2.75, 3.05) is 0 Å². The quantitative estimate of drug-likeness (QED) is 0.733. The van der Waals surface area contributed by atoms with E-state index in [9.17, 15) is 4.79 Å². The largest absolute Gasteiger partial charge is 0.489 e. The zero-order valence-electron chi connectivity index (χ0n) is 10.7. The highest BCUT2D eigenvalue weighted by Crippen LogP contribution is 2.31. The minimum absolute atomic E-state index is 0.0659. The van der Waals surface area contributed by atoms with Crippen molar-refractivity contribution in [3.63, 3.8) is 0 Å². The first kappa shape index (κ1) is 13.6. The van der Waals surface area contributed by atoms with Gasteiger partial charge >= 0.3 is 0 Å². The Morgan fingerprint density at radius 1 is 1.33 bits per heavy atom. The Bertz CT molecular complexity index is 429. The number of ketones is 1. The van der Waals surface area contributed by atoms with Gasteiger partial charge in [0.2, 0.25) is 0 Å². The molecular formula is C15H19BrO2. The number of unbranched alkanes of at least 4 members (excludes halogenated alkanes) is 3. The molecule has 1 aliphatic heterocycles. The maximum Gasteiger partial charge on any atom is 0.170 e. The summed E-state index contributed by atoms with van der Waals surface area (Å²) in [5, 5.41) is 0. The van der Waals surface area contributed by atoms with Gasteiger partial charge in [-0.3, -0.25) is 4.79 Å². The van der Waals surface area contributed by atoms with E-state index < -0.39 is 0 Å². The van der Waals surface area contributed by atoms with Crippen molar-refractivity contribution >= 4 is 21.7 Å². The topological polar surface area (TPSA) is 26.3 Å². The number of ether oxygens (including phenoxy) is 1. The summed E-state index contributed by atoms with van der Waals surface area (Å²) in [6, 6.07) is 5.63. The number of rotatable bonds is 5. The normalized spacial score (nSPS) is 18.3. The molecule has 2 rings (SSSR count). The van der Waals surface area contributed by atoms with E-state index in [1.807, 2.05) is 18.2 Å². The minimum atomic E-state index is 0.0659. The van der Waals surface area contributed by atoms with Gasteiger partial charge in [-0.25, -0.2) is 0 Å². The van der Waals surface area contributed by atoms with Crippen LogP contribution in [-0.2, 0) is 0 Å². The number of hydrogen-bond donors (Lipinski definition) is 0. The van der Waals surface area contributed by atoms with Gasteiger partial charge in [-0.2, -0.15) is 0 Å². The molecule has 0 fully saturated rings. The lowest BCUT2D eigenvalue weighted by atomic mass is 9.97. The average Bonchev–Trinajstić information content (AvgIpc) is 2.34. The summed E-state index contributed by atoms with van der Waals surface area (Å²) in [5.74, 6) is 0.949. The van der Waals surface area contributed by atoms with E-state index in [0.717, 1.165) is 28.6 Å². The Hall–Kier alpha value is -0.830. The molecule has 0 spiro atoms. The third kappa shape index (κ3) is 3.35. The van der Waals surface area contributed by atoms with E-state index in [2.05, 4.69) is 22.9 Å². The third-order valence-electron chi connectivity index (χ3n) is 3.33. The van der Waals surface area contributed by atoms with Gasteiger partial charge in [0.15, 0.2) is 5.78 Å². The van der Waals surface area contributed by atoms with Crippen LogP contribution in [0, 0.1) is 0 Å². The Morgan fingerprint density at radius 3 is 2.94 bits per heavy atom. The summed E-state index contributed by atoms with van der Waals surface area (Å²) < 4.78 is 6.87. The highest BCUT2D eigenvalue weighted by Gasteiger charge is 2.25. The third-order valence-corrected chi connectivity index (χ3v) is 3.82. The molecule has 0 aliphatic carbocycles. The van der Waals surface area contributed by atoms with Gasteiger partial charge in [0.1, 0.15) is 11.9 Å². The maximum atomic E-state index is 12.0. The number of benzene rings is 1. The number of hydrogen-bond acceptors (Lipinski definition) is 2. The molecule has 1 aromatic rings. The second kappa shape index (κ2) is 6.37. The molecule has 0 saturated heterocycles. The van der Waals surface area contributed by atoms with Crippen molar-refractivity contribution in [2.24, 2.45) is 0 Å². The van der Waals surface area contributed by atoms with Crippen LogP contribution in [0.5, 0.6) is 5.75 Å². The van der Waals surface area contributed by atoms with Gasteiger partial charge in [0.05, 0.1) is 5.56 Å². The van der Waals surface area contributed by atoms with E-state index in [4.69, 9.17) is 4.74 Å². The standard InChI is InChI=1S/C15H19BrO2/c1-2-3-4-5-6-12-10-14(17)13-8-7-11(16)9-15(13)18-12/h7-9,12H,2-6,10H2,1H3. The van der Waals surface area contributed by atoms with Crippen LogP contribution in [0.15, 0.2) is 22.7 Å². The Kier molecular flexibility index (Phi) is 4.81. The summed E-state index contributed by atoms with van der Waals surface area (Å²) in [6.45, 7) is 2.20. The van der Waals surface area contributed by atoms with Crippen LogP contribution in [0.2, 0.25) is 0 Å². The fourth-order valence-corrected chi connectivity index (χ4v) is 2.66. The Morgan fingerprint density at radius 2 is 2.17 bits per heavy atom. The molecule has 0 amide bonds. The zero-order valence-corrected chi connectivity index (χ0v) is 12.3. The lowest BCUT2D eigenvalue weighted by molar-refractivity contribution is 0.0835. The maximum absolute atomic E-state index is 12.0. The molecular weight excluding hydrogens is 292 g/mol. The second-order valence-corrected chi connectivity index (χ2v) is 5.77. The monoisotopic (exact) mass is 310 g/mol. The zero-order chi connectivity index (χ0) is 13.0. The lowest BCUT2D eigenvalue weighted by Gasteiger charge is -2.25. The number of carbonyl (C=O) groups is 1. The first-order valence-electron chi connectivity index (χ1n) is 6.70. The van der Waals surface area contributed by atoms with Crippen molar-refractivity contribution in [3.05, 3.63) is 28.2 Å². The molecule has 1 atom stereocenters. The van der Waals surface area contributed by atoms with Crippen LogP contribution in [0.4, 0.5) is 0 Å². The van der Waals surface area contributed by atoms with Gasteiger partial charge in [-0.1, -0.05) is 42.1 Å². The first-order chi connectivity index (χ1) is 8.70. The van der Waals surface area contributed by atoms with Crippen LogP contribution < -0.4 is 4.74 Å². The summed E-state index contributed by atoms with van der Waals surface area (Å²) >= 11 is 3.41. The van der Waals surface area contributed by atoms with Gasteiger partial charge < -0.3 is 4.74 Å². The lowest BCUT2D eigenvalue weighted by Crippen LogP contribution is -2.26. The van der Waals surface area contributed by atoms with Crippen molar-refractivity contribution in [3.8, 4) is 5.75 Å². The van der Waals surface area contributed by atoms with Crippen molar-refractivity contribution < 1.29 is 9.53 Å². The fourth-order valence-electron chi connectivity index (χ4n) is 2.32.